The van der Waals surface area contributed by atoms with Gasteiger partial charge in [-0.3, -0.25) is 4.68 Å². The van der Waals surface area contributed by atoms with Crippen LogP contribution >= 0.6 is 0 Å². The standard InChI is InChI=1S/C11H14FN5/c1-17-7-15-11(16-17)4-5-14-10-6-8(12)2-3-9(10)13/h2-3,6-7,14H,4-5,13H2,1H3. The van der Waals surface area contributed by atoms with E-state index in [2.05, 4.69) is 15.4 Å². The van der Waals surface area contributed by atoms with E-state index in [9.17, 15) is 4.39 Å². The molecule has 0 atom stereocenters. The molecule has 3 N–H and O–H groups in total. The number of hydrogen-bond acceptors (Lipinski definition) is 4. The fourth-order valence-corrected chi connectivity index (χ4v) is 1.49. The average Bonchev–Trinajstić information content (AvgIpc) is 2.69. The Balaban J connectivity index is 1.91. The first kappa shape index (κ1) is 11.4. The van der Waals surface area contributed by atoms with E-state index in [1.54, 1.807) is 11.0 Å². The quantitative estimate of drug-likeness (QED) is 0.781. The van der Waals surface area contributed by atoms with Crippen LogP contribution in [0.3, 0.4) is 0 Å². The molecule has 5 nitrogen and oxygen atoms in total. The average molecular weight is 235 g/mol. The van der Waals surface area contributed by atoms with E-state index >= 15 is 0 Å². The van der Waals surface area contributed by atoms with Gasteiger partial charge in [-0.15, -0.1) is 0 Å². The molecule has 0 fully saturated rings. The molecule has 2 rings (SSSR count). The molecule has 90 valence electrons. The molecule has 0 saturated carbocycles. The van der Waals surface area contributed by atoms with Crippen molar-refractivity contribution in [2.75, 3.05) is 17.6 Å². The summed E-state index contributed by atoms with van der Waals surface area (Å²) in [4.78, 5) is 4.09. The van der Waals surface area contributed by atoms with E-state index in [4.69, 9.17) is 5.73 Å². The van der Waals surface area contributed by atoms with Crippen molar-refractivity contribution in [1.82, 2.24) is 14.8 Å². The smallest absolute Gasteiger partial charge is 0.152 e. The Morgan fingerprint density at radius 1 is 1.47 bits per heavy atom. The maximum Gasteiger partial charge on any atom is 0.152 e. The third kappa shape index (κ3) is 2.93. The van der Waals surface area contributed by atoms with Crippen molar-refractivity contribution in [1.29, 1.82) is 0 Å². The minimum Gasteiger partial charge on any atom is -0.397 e. The Bertz CT molecular complexity index is 508. The van der Waals surface area contributed by atoms with E-state index in [0.29, 0.717) is 24.3 Å². The molecule has 0 aliphatic heterocycles. The molecule has 1 heterocycles. The van der Waals surface area contributed by atoms with E-state index in [1.165, 1.54) is 18.2 Å². The highest BCUT2D eigenvalue weighted by atomic mass is 19.1. The fraction of sp³-hybridized carbons (Fsp3) is 0.273. The zero-order chi connectivity index (χ0) is 12.3. The van der Waals surface area contributed by atoms with Crippen molar-refractivity contribution in [2.45, 2.75) is 6.42 Å². The van der Waals surface area contributed by atoms with E-state index < -0.39 is 0 Å². The Morgan fingerprint density at radius 2 is 2.29 bits per heavy atom. The highest BCUT2D eigenvalue weighted by molar-refractivity contribution is 5.65. The number of nitrogens with two attached hydrogens (primary N) is 1. The van der Waals surface area contributed by atoms with Gasteiger partial charge in [0.15, 0.2) is 5.82 Å². The Morgan fingerprint density at radius 3 is 3.00 bits per heavy atom. The van der Waals surface area contributed by atoms with Crippen molar-refractivity contribution >= 4 is 11.4 Å². The van der Waals surface area contributed by atoms with Crippen LogP contribution in [0.15, 0.2) is 24.5 Å². The van der Waals surface area contributed by atoms with Gasteiger partial charge in [0.2, 0.25) is 0 Å². The third-order valence-electron chi connectivity index (χ3n) is 2.33. The van der Waals surface area contributed by atoms with E-state index in [0.717, 1.165) is 5.82 Å². The predicted octanol–water partition coefficient (Wildman–Crippen LogP) is 1.19. The largest absolute Gasteiger partial charge is 0.397 e. The maximum absolute atomic E-state index is 13.0. The summed E-state index contributed by atoms with van der Waals surface area (Å²) in [6.07, 6.45) is 2.31. The van der Waals surface area contributed by atoms with Gasteiger partial charge in [0.1, 0.15) is 12.1 Å². The Labute approximate surface area is 98.5 Å². The van der Waals surface area contributed by atoms with Crippen LogP contribution in [0.2, 0.25) is 0 Å². The van der Waals surface area contributed by atoms with Gasteiger partial charge in [-0.1, -0.05) is 0 Å². The lowest BCUT2D eigenvalue weighted by molar-refractivity contribution is 0.628. The van der Waals surface area contributed by atoms with Crippen molar-refractivity contribution in [3.63, 3.8) is 0 Å². The minimum absolute atomic E-state index is 0.308. The highest BCUT2D eigenvalue weighted by Gasteiger charge is 2.02. The number of nitrogens with zero attached hydrogens (tertiary/aromatic N) is 3. The number of benzene rings is 1. The van der Waals surface area contributed by atoms with Crippen LogP contribution in [0.1, 0.15) is 5.82 Å². The second-order valence-corrected chi connectivity index (χ2v) is 3.74. The molecule has 2 aromatic rings. The molecule has 0 aliphatic carbocycles. The predicted molar refractivity (Wildman–Crippen MR) is 64.0 cm³/mol. The molecule has 17 heavy (non-hydrogen) atoms. The minimum atomic E-state index is -0.308. The number of anilines is 2. The zero-order valence-corrected chi connectivity index (χ0v) is 9.52. The van der Waals surface area contributed by atoms with Gasteiger partial charge >= 0.3 is 0 Å². The molecule has 6 heteroatoms. The SMILES string of the molecule is Cn1cnc(CCNc2cc(F)ccc2N)n1. The Hall–Kier alpha value is -2.11. The number of aryl methyl sites for hydroxylation is 1. The molecular formula is C11H14FN5. The topological polar surface area (TPSA) is 68.8 Å². The van der Waals surface area contributed by atoms with Crippen LogP contribution in [-0.2, 0) is 13.5 Å². The molecule has 0 unspecified atom stereocenters. The maximum atomic E-state index is 13.0. The van der Waals surface area contributed by atoms with Crippen molar-refractivity contribution in [3.8, 4) is 0 Å². The summed E-state index contributed by atoms with van der Waals surface area (Å²) in [6, 6.07) is 4.25. The van der Waals surface area contributed by atoms with Gasteiger partial charge in [-0.25, -0.2) is 9.37 Å². The van der Waals surface area contributed by atoms with Crippen molar-refractivity contribution in [2.24, 2.45) is 7.05 Å². The van der Waals surface area contributed by atoms with Crippen LogP contribution in [0, 0.1) is 5.82 Å². The molecule has 0 amide bonds. The first-order valence-corrected chi connectivity index (χ1v) is 5.28. The van der Waals surface area contributed by atoms with Crippen molar-refractivity contribution in [3.05, 3.63) is 36.2 Å². The van der Waals surface area contributed by atoms with Gasteiger partial charge < -0.3 is 11.1 Å². The van der Waals surface area contributed by atoms with E-state index in [1.807, 2.05) is 7.05 Å². The van der Waals surface area contributed by atoms with Gasteiger partial charge in [-0.05, 0) is 18.2 Å². The lowest BCUT2D eigenvalue weighted by Gasteiger charge is -2.07. The lowest BCUT2D eigenvalue weighted by Crippen LogP contribution is -2.08. The summed E-state index contributed by atoms with van der Waals surface area (Å²) in [7, 11) is 1.81. The first-order valence-electron chi connectivity index (χ1n) is 5.28. The molecule has 0 radical (unpaired) electrons. The number of aromatic nitrogens is 3. The normalized spacial score (nSPS) is 10.5. The second-order valence-electron chi connectivity index (χ2n) is 3.74. The molecular weight excluding hydrogens is 221 g/mol. The molecule has 0 bridgehead atoms. The summed E-state index contributed by atoms with van der Waals surface area (Å²) < 4.78 is 14.6. The van der Waals surface area contributed by atoms with E-state index in [-0.39, 0.29) is 5.82 Å². The molecule has 0 saturated heterocycles. The van der Waals surface area contributed by atoms with Crippen LogP contribution < -0.4 is 11.1 Å². The van der Waals surface area contributed by atoms with Crippen molar-refractivity contribution < 1.29 is 4.39 Å². The van der Waals surface area contributed by atoms with Gasteiger partial charge in [0, 0.05) is 20.0 Å². The molecule has 0 spiro atoms. The van der Waals surface area contributed by atoms with Crippen LogP contribution in [0.4, 0.5) is 15.8 Å². The molecule has 0 aliphatic rings. The van der Waals surface area contributed by atoms with Crippen LogP contribution in [-0.4, -0.2) is 21.3 Å². The lowest BCUT2D eigenvalue weighted by atomic mass is 10.2. The molecule has 1 aromatic heterocycles. The van der Waals surface area contributed by atoms with Gasteiger partial charge in [0.05, 0.1) is 11.4 Å². The first-order chi connectivity index (χ1) is 8.15. The van der Waals surface area contributed by atoms with Crippen LogP contribution in [0.5, 0.6) is 0 Å². The number of rotatable bonds is 4. The van der Waals surface area contributed by atoms with Gasteiger partial charge in [-0.2, -0.15) is 5.10 Å². The summed E-state index contributed by atoms with van der Waals surface area (Å²) >= 11 is 0. The zero-order valence-electron chi connectivity index (χ0n) is 9.52. The summed E-state index contributed by atoms with van der Waals surface area (Å²) in [6.45, 7) is 0.609. The second kappa shape index (κ2) is 4.82. The molecule has 1 aromatic carbocycles. The van der Waals surface area contributed by atoms with Gasteiger partial charge in [0.25, 0.3) is 0 Å². The van der Waals surface area contributed by atoms with Crippen LogP contribution in [0.25, 0.3) is 0 Å². The monoisotopic (exact) mass is 235 g/mol. The summed E-state index contributed by atoms with van der Waals surface area (Å²) in [5.41, 5.74) is 6.83. The summed E-state index contributed by atoms with van der Waals surface area (Å²) in [5.74, 6) is 0.438. The number of nitrogens with one attached hydrogen (secondary N) is 1. The summed E-state index contributed by atoms with van der Waals surface area (Å²) in [5, 5.41) is 7.20. The highest BCUT2D eigenvalue weighted by Crippen LogP contribution is 2.18. The Kier molecular flexibility index (Phi) is 3.22. The number of hydrogen-bond donors (Lipinski definition) is 2. The number of nitrogen functional groups attached to an aromatic ring is 1. The number of halogens is 1. The third-order valence-corrected chi connectivity index (χ3v) is 2.33. The fourth-order valence-electron chi connectivity index (χ4n) is 1.49.